The van der Waals surface area contributed by atoms with E-state index in [-0.39, 0.29) is 23.6 Å². The molecule has 128 valence electrons. The summed E-state index contributed by atoms with van der Waals surface area (Å²) in [7, 11) is 0. The molecule has 0 bridgehead atoms. The standard InChI is InChI=1S/C16H20N4O4/c1-4-19-15(14(20(23)24)11(3)18-19)16(22)17-9-13(21)12-8-6-5-7-10(12)2/h5-8,13,21H,4,9H2,1-3H3,(H,17,22). The van der Waals surface area contributed by atoms with Crippen LogP contribution in [0.5, 0.6) is 0 Å². The number of aromatic nitrogens is 2. The molecular weight excluding hydrogens is 312 g/mol. The molecule has 0 aliphatic rings. The first-order chi connectivity index (χ1) is 11.4. The minimum atomic E-state index is -0.895. The van der Waals surface area contributed by atoms with Crippen molar-refractivity contribution in [3.8, 4) is 0 Å². The molecule has 8 heteroatoms. The third-order valence-electron chi connectivity index (χ3n) is 3.80. The first-order valence-corrected chi connectivity index (χ1v) is 7.60. The number of aliphatic hydroxyl groups is 1. The van der Waals surface area contributed by atoms with E-state index in [1.165, 1.54) is 11.6 Å². The van der Waals surface area contributed by atoms with Crippen molar-refractivity contribution in [2.75, 3.05) is 6.54 Å². The molecule has 1 heterocycles. The molecule has 0 aliphatic carbocycles. The zero-order valence-corrected chi connectivity index (χ0v) is 13.8. The highest BCUT2D eigenvalue weighted by atomic mass is 16.6. The average molecular weight is 332 g/mol. The summed E-state index contributed by atoms with van der Waals surface area (Å²) < 4.78 is 1.29. The molecule has 1 atom stereocenters. The predicted octanol–water partition coefficient (Wildman–Crippen LogP) is 1.89. The number of aryl methyl sites for hydroxylation is 3. The Morgan fingerprint density at radius 1 is 1.42 bits per heavy atom. The van der Waals surface area contributed by atoms with Crippen molar-refractivity contribution >= 4 is 11.6 Å². The lowest BCUT2D eigenvalue weighted by Crippen LogP contribution is -2.31. The van der Waals surface area contributed by atoms with E-state index < -0.39 is 16.9 Å². The summed E-state index contributed by atoms with van der Waals surface area (Å²) in [6.07, 6.45) is -0.895. The minimum absolute atomic E-state index is 0.0468. The van der Waals surface area contributed by atoms with Gasteiger partial charge in [-0.15, -0.1) is 0 Å². The molecule has 8 nitrogen and oxygen atoms in total. The van der Waals surface area contributed by atoms with Gasteiger partial charge in [0.2, 0.25) is 5.69 Å². The number of hydrogen-bond acceptors (Lipinski definition) is 5. The van der Waals surface area contributed by atoms with Crippen LogP contribution in [0, 0.1) is 24.0 Å². The molecule has 0 spiro atoms. The number of aliphatic hydroxyl groups excluding tert-OH is 1. The quantitative estimate of drug-likeness (QED) is 0.620. The van der Waals surface area contributed by atoms with Gasteiger partial charge in [-0.1, -0.05) is 24.3 Å². The number of benzene rings is 1. The zero-order valence-electron chi connectivity index (χ0n) is 13.8. The van der Waals surface area contributed by atoms with E-state index in [0.29, 0.717) is 12.1 Å². The third kappa shape index (κ3) is 3.43. The largest absolute Gasteiger partial charge is 0.387 e. The average Bonchev–Trinajstić information content (AvgIpc) is 2.89. The second kappa shape index (κ2) is 7.22. The molecule has 1 aromatic heterocycles. The van der Waals surface area contributed by atoms with Gasteiger partial charge in [0.15, 0.2) is 0 Å². The monoisotopic (exact) mass is 332 g/mol. The highest BCUT2D eigenvalue weighted by Gasteiger charge is 2.30. The maximum atomic E-state index is 12.4. The van der Waals surface area contributed by atoms with Crippen LogP contribution in [0.4, 0.5) is 5.69 Å². The Balaban J connectivity index is 2.19. The molecule has 0 radical (unpaired) electrons. The Bertz CT molecular complexity index is 769. The Morgan fingerprint density at radius 3 is 2.67 bits per heavy atom. The lowest BCUT2D eigenvalue weighted by atomic mass is 10.0. The molecule has 2 N–H and O–H groups in total. The van der Waals surface area contributed by atoms with Crippen molar-refractivity contribution < 1.29 is 14.8 Å². The van der Waals surface area contributed by atoms with Gasteiger partial charge in [0.25, 0.3) is 5.91 Å². The maximum Gasteiger partial charge on any atom is 0.322 e. The van der Waals surface area contributed by atoms with Crippen molar-refractivity contribution in [2.24, 2.45) is 0 Å². The normalized spacial score (nSPS) is 12.0. The van der Waals surface area contributed by atoms with E-state index >= 15 is 0 Å². The van der Waals surface area contributed by atoms with Gasteiger partial charge in [-0.25, -0.2) is 0 Å². The molecule has 0 aliphatic heterocycles. The smallest absolute Gasteiger partial charge is 0.322 e. The van der Waals surface area contributed by atoms with Crippen molar-refractivity contribution in [1.29, 1.82) is 0 Å². The van der Waals surface area contributed by atoms with Gasteiger partial charge >= 0.3 is 5.69 Å². The van der Waals surface area contributed by atoms with Gasteiger partial charge < -0.3 is 10.4 Å². The second-order valence-corrected chi connectivity index (χ2v) is 5.44. The number of nitro groups is 1. The van der Waals surface area contributed by atoms with E-state index in [4.69, 9.17) is 0 Å². The first-order valence-electron chi connectivity index (χ1n) is 7.60. The van der Waals surface area contributed by atoms with Crippen molar-refractivity contribution in [3.63, 3.8) is 0 Å². The van der Waals surface area contributed by atoms with Gasteiger partial charge in [-0.3, -0.25) is 19.6 Å². The number of hydrogen-bond donors (Lipinski definition) is 2. The fraction of sp³-hybridized carbons (Fsp3) is 0.375. The number of rotatable bonds is 6. The number of nitrogens with zero attached hydrogens (tertiary/aromatic N) is 3. The van der Waals surface area contributed by atoms with Crippen LogP contribution < -0.4 is 5.32 Å². The van der Waals surface area contributed by atoms with Crippen molar-refractivity contribution in [3.05, 3.63) is 56.9 Å². The van der Waals surface area contributed by atoms with Crippen LogP contribution in [0.2, 0.25) is 0 Å². The van der Waals surface area contributed by atoms with E-state index in [9.17, 15) is 20.0 Å². The summed E-state index contributed by atoms with van der Waals surface area (Å²) in [6, 6.07) is 7.29. The van der Waals surface area contributed by atoms with E-state index in [1.807, 2.05) is 19.1 Å². The Kier molecular flexibility index (Phi) is 5.30. The number of carbonyl (C=O) groups is 1. The van der Waals surface area contributed by atoms with Crippen molar-refractivity contribution in [2.45, 2.75) is 33.4 Å². The van der Waals surface area contributed by atoms with E-state index in [0.717, 1.165) is 5.56 Å². The van der Waals surface area contributed by atoms with Gasteiger partial charge in [0.05, 0.1) is 11.0 Å². The Hall–Kier alpha value is -2.74. The van der Waals surface area contributed by atoms with Crippen LogP contribution in [-0.4, -0.2) is 32.3 Å². The van der Waals surface area contributed by atoms with Crippen molar-refractivity contribution in [1.82, 2.24) is 15.1 Å². The van der Waals surface area contributed by atoms with Gasteiger partial charge in [0.1, 0.15) is 5.69 Å². The topological polar surface area (TPSA) is 110 Å². The molecule has 2 aromatic rings. The minimum Gasteiger partial charge on any atom is -0.387 e. The predicted molar refractivity (Wildman–Crippen MR) is 87.8 cm³/mol. The van der Waals surface area contributed by atoms with Gasteiger partial charge in [-0.2, -0.15) is 5.10 Å². The molecule has 0 saturated heterocycles. The zero-order chi connectivity index (χ0) is 17.9. The fourth-order valence-electron chi connectivity index (χ4n) is 2.59. The summed E-state index contributed by atoms with van der Waals surface area (Å²) in [4.78, 5) is 23.0. The third-order valence-corrected chi connectivity index (χ3v) is 3.80. The SMILES string of the molecule is CCn1nc(C)c([N+](=O)[O-])c1C(=O)NCC(O)c1ccccc1C. The maximum absolute atomic E-state index is 12.4. The number of carbonyl (C=O) groups excluding carboxylic acids is 1. The summed E-state index contributed by atoms with van der Waals surface area (Å²) in [6.45, 7) is 5.38. The number of amides is 1. The van der Waals surface area contributed by atoms with Crippen LogP contribution in [0.1, 0.15) is 40.3 Å². The fourth-order valence-corrected chi connectivity index (χ4v) is 2.59. The lowest BCUT2D eigenvalue weighted by Gasteiger charge is -2.14. The molecule has 24 heavy (non-hydrogen) atoms. The Morgan fingerprint density at radius 2 is 2.08 bits per heavy atom. The van der Waals surface area contributed by atoms with E-state index in [1.54, 1.807) is 19.1 Å². The molecule has 0 saturated carbocycles. The van der Waals surface area contributed by atoms with Crippen LogP contribution in [0.15, 0.2) is 24.3 Å². The van der Waals surface area contributed by atoms with Crippen LogP contribution in [-0.2, 0) is 6.54 Å². The van der Waals surface area contributed by atoms with E-state index in [2.05, 4.69) is 10.4 Å². The molecule has 1 unspecified atom stereocenters. The number of nitrogens with one attached hydrogen (secondary N) is 1. The molecule has 2 rings (SSSR count). The molecule has 0 fully saturated rings. The highest BCUT2D eigenvalue weighted by Crippen LogP contribution is 2.23. The highest BCUT2D eigenvalue weighted by molar-refractivity contribution is 5.96. The second-order valence-electron chi connectivity index (χ2n) is 5.44. The molecular formula is C16H20N4O4. The summed E-state index contributed by atoms with van der Waals surface area (Å²) in [5, 5.41) is 28.0. The van der Waals surface area contributed by atoms with Gasteiger partial charge in [0, 0.05) is 13.1 Å². The molecule has 1 amide bonds. The lowest BCUT2D eigenvalue weighted by molar-refractivity contribution is -0.385. The first kappa shape index (κ1) is 17.6. The molecule has 1 aromatic carbocycles. The van der Waals surface area contributed by atoms with Crippen LogP contribution in [0.3, 0.4) is 0 Å². The van der Waals surface area contributed by atoms with Crippen LogP contribution >= 0.6 is 0 Å². The summed E-state index contributed by atoms with van der Waals surface area (Å²) >= 11 is 0. The van der Waals surface area contributed by atoms with Gasteiger partial charge in [-0.05, 0) is 31.9 Å². The van der Waals surface area contributed by atoms with Crippen LogP contribution in [0.25, 0.3) is 0 Å². The Labute approximate surface area is 139 Å². The summed E-state index contributed by atoms with van der Waals surface area (Å²) in [5.74, 6) is -0.628. The summed E-state index contributed by atoms with van der Waals surface area (Å²) in [5.41, 5.74) is 1.38.